The molecular weight excluding hydrogens is 202 g/mol. The third-order valence-electron chi connectivity index (χ3n) is 1.93. The molecule has 4 heteroatoms. The second-order valence-corrected chi connectivity index (χ2v) is 3.41. The minimum absolute atomic E-state index is 0.315. The highest BCUT2D eigenvalue weighted by molar-refractivity contribution is 6.31. The molecule has 0 atom stereocenters. The van der Waals surface area contributed by atoms with Crippen LogP contribution in [-0.2, 0) is 11.3 Å². The lowest BCUT2D eigenvalue weighted by Crippen LogP contribution is -2.28. The summed E-state index contributed by atoms with van der Waals surface area (Å²) in [5.74, 6) is -0.315. The predicted molar refractivity (Wildman–Crippen MR) is 55.0 cm³/mol. The van der Waals surface area contributed by atoms with Crippen molar-refractivity contribution in [2.75, 3.05) is 13.7 Å². The normalized spacial score (nSPS) is 9.93. The van der Waals surface area contributed by atoms with Crippen molar-refractivity contribution >= 4 is 17.5 Å². The second-order valence-electron chi connectivity index (χ2n) is 3.00. The van der Waals surface area contributed by atoms with Crippen LogP contribution < -0.4 is 0 Å². The van der Waals surface area contributed by atoms with E-state index in [2.05, 4.69) is 0 Å². The molecule has 76 valence electrons. The predicted octanol–water partition coefficient (Wildman–Crippen LogP) is 1.29. The van der Waals surface area contributed by atoms with Crippen LogP contribution in [0.4, 0.5) is 0 Å². The Balaban J connectivity index is 2.69. The quantitative estimate of drug-likeness (QED) is 0.822. The lowest BCUT2D eigenvalue weighted by atomic mass is 10.2. The zero-order chi connectivity index (χ0) is 10.6. The second kappa shape index (κ2) is 4.98. The fraction of sp³-hybridized carbons (Fsp3) is 0.300. The van der Waals surface area contributed by atoms with Crippen LogP contribution >= 0.6 is 11.6 Å². The van der Waals surface area contributed by atoms with Crippen LogP contribution in [0, 0.1) is 0 Å². The van der Waals surface area contributed by atoms with Crippen molar-refractivity contribution in [2.45, 2.75) is 6.54 Å². The summed E-state index contributed by atoms with van der Waals surface area (Å²) in [6.07, 6.45) is 0. The van der Waals surface area contributed by atoms with Gasteiger partial charge in [-0.05, 0) is 11.6 Å². The van der Waals surface area contributed by atoms with Crippen LogP contribution in [0.1, 0.15) is 5.56 Å². The van der Waals surface area contributed by atoms with Crippen LogP contribution in [0.25, 0.3) is 0 Å². The van der Waals surface area contributed by atoms with Crippen LogP contribution in [0.2, 0.25) is 5.02 Å². The molecule has 0 aliphatic carbocycles. The molecule has 0 saturated heterocycles. The van der Waals surface area contributed by atoms with E-state index in [1.165, 1.54) is 4.90 Å². The van der Waals surface area contributed by atoms with Gasteiger partial charge in [-0.25, -0.2) is 0 Å². The monoisotopic (exact) mass is 213 g/mol. The minimum atomic E-state index is -0.471. The first-order valence-electron chi connectivity index (χ1n) is 4.23. The summed E-state index contributed by atoms with van der Waals surface area (Å²) in [7, 11) is 1.63. The van der Waals surface area contributed by atoms with E-state index in [4.69, 9.17) is 16.7 Å². The molecule has 0 aromatic heterocycles. The number of nitrogens with zero attached hydrogens (tertiary/aromatic N) is 1. The Morgan fingerprint density at radius 2 is 2.14 bits per heavy atom. The fourth-order valence-electron chi connectivity index (χ4n) is 1.09. The van der Waals surface area contributed by atoms with Gasteiger partial charge in [-0.1, -0.05) is 29.8 Å². The number of halogens is 1. The summed E-state index contributed by atoms with van der Waals surface area (Å²) in [4.78, 5) is 12.5. The van der Waals surface area contributed by atoms with Gasteiger partial charge in [-0.15, -0.1) is 0 Å². The zero-order valence-electron chi connectivity index (χ0n) is 7.90. The highest BCUT2D eigenvalue weighted by atomic mass is 35.5. The molecule has 1 amide bonds. The van der Waals surface area contributed by atoms with Gasteiger partial charge in [-0.2, -0.15) is 0 Å². The first-order valence-corrected chi connectivity index (χ1v) is 4.61. The number of aliphatic hydroxyl groups is 1. The zero-order valence-corrected chi connectivity index (χ0v) is 8.66. The highest BCUT2D eigenvalue weighted by Crippen LogP contribution is 2.16. The molecule has 0 aliphatic heterocycles. The Morgan fingerprint density at radius 1 is 1.50 bits per heavy atom. The number of carbonyl (C=O) groups excluding carboxylic acids is 1. The molecule has 0 aliphatic rings. The van der Waals surface area contributed by atoms with Crippen LogP contribution in [0.5, 0.6) is 0 Å². The summed E-state index contributed by atoms with van der Waals surface area (Å²) in [6, 6.07) is 7.32. The maximum Gasteiger partial charge on any atom is 0.248 e. The van der Waals surface area contributed by atoms with Crippen LogP contribution in [0.15, 0.2) is 24.3 Å². The molecule has 1 rings (SSSR count). The molecule has 0 spiro atoms. The van der Waals surface area contributed by atoms with Crippen molar-refractivity contribution in [1.82, 2.24) is 4.90 Å². The van der Waals surface area contributed by atoms with Gasteiger partial charge in [-0.3, -0.25) is 4.79 Å². The number of likely N-dealkylation sites (N-methyl/N-ethyl adjacent to an activating group) is 1. The Hall–Kier alpha value is -1.06. The molecular formula is C10H12ClNO2. The van der Waals surface area contributed by atoms with E-state index < -0.39 is 6.61 Å². The summed E-state index contributed by atoms with van der Waals surface area (Å²) in [6.45, 7) is -0.0555. The standard InChI is InChI=1S/C10H12ClNO2/c1-12(10(14)7-13)6-8-4-2-3-5-9(8)11/h2-5,13H,6-7H2,1H3. The van der Waals surface area contributed by atoms with Gasteiger partial charge in [0.25, 0.3) is 0 Å². The van der Waals surface area contributed by atoms with E-state index >= 15 is 0 Å². The summed E-state index contributed by atoms with van der Waals surface area (Å²) < 4.78 is 0. The van der Waals surface area contributed by atoms with Gasteiger partial charge in [0.15, 0.2) is 0 Å². The molecule has 1 aromatic rings. The average molecular weight is 214 g/mol. The number of hydrogen-bond donors (Lipinski definition) is 1. The Labute approximate surface area is 87.9 Å². The van der Waals surface area contributed by atoms with Gasteiger partial charge < -0.3 is 10.0 Å². The van der Waals surface area contributed by atoms with Crippen LogP contribution in [0.3, 0.4) is 0 Å². The van der Waals surface area contributed by atoms with Crippen LogP contribution in [-0.4, -0.2) is 29.6 Å². The number of aliphatic hydroxyl groups excluding tert-OH is 1. The Bertz CT molecular complexity index is 328. The molecule has 0 radical (unpaired) electrons. The Morgan fingerprint density at radius 3 is 2.71 bits per heavy atom. The van der Waals surface area contributed by atoms with Gasteiger partial charge in [0.1, 0.15) is 6.61 Å². The summed E-state index contributed by atoms with van der Waals surface area (Å²) in [5.41, 5.74) is 0.874. The highest BCUT2D eigenvalue weighted by Gasteiger charge is 2.08. The number of benzene rings is 1. The van der Waals surface area contributed by atoms with Crippen molar-refractivity contribution in [1.29, 1.82) is 0 Å². The minimum Gasteiger partial charge on any atom is -0.387 e. The molecule has 14 heavy (non-hydrogen) atoms. The maximum atomic E-state index is 11.1. The fourth-order valence-corrected chi connectivity index (χ4v) is 1.29. The van der Waals surface area contributed by atoms with E-state index in [0.717, 1.165) is 5.56 Å². The summed E-state index contributed by atoms with van der Waals surface area (Å²) >= 11 is 5.92. The van der Waals surface area contributed by atoms with Crippen molar-refractivity contribution in [3.8, 4) is 0 Å². The first kappa shape index (κ1) is 11.0. The smallest absolute Gasteiger partial charge is 0.248 e. The molecule has 0 saturated carbocycles. The van der Waals surface area contributed by atoms with E-state index in [-0.39, 0.29) is 5.91 Å². The van der Waals surface area contributed by atoms with Gasteiger partial charge in [0, 0.05) is 18.6 Å². The molecule has 3 nitrogen and oxygen atoms in total. The number of hydrogen-bond acceptors (Lipinski definition) is 2. The average Bonchev–Trinajstić information content (AvgIpc) is 2.20. The van der Waals surface area contributed by atoms with Crippen molar-refractivity contribution in [3.05, 3.63) is 34.9 Å². The maximum absolute atomic E-state index is 11.1. The van der Waals surface area contributed by atoms with Gasteiger partial charge >= 0.3 is 0 Å². The van der Waals surface area contributed by atoms with E-state index in [1.54, 1.807) is 13.1 Å². The van der Waals surface area contributed by atoms with E-state index in [1.807, 2.05) is 18.2 Å². The largest absolute Gasteiger partial charge is 0.387 e. The van der Waals surface area contributed by atoms with E-state index in [9.17, 15) is 4.79 Å². The SMILES string of the molecule is CN(Cc1ccccc1Cl)C(=O)CO. The number of amides is 1. The molecule has 0 bridgehead atoms. The van der Waals surface area contributed by atoms with Crippen molar-refractivity contribution in [3.63, 3.8) is 0 Å². The Kier molecular flexibility index (Phi) is 3.92. The first-order chi connectivity index (χ1) is 6.65. The lowest BCUT2D eigenvalue weighted by molar-refractivity contribution is -0.133. The third-order valence-corrected chi connectivity index (χ3v) is 2.30. The van der Waals surface area contributed by atoms with Crippen molar-refractivity contribution < 1.29 is 9.90 Å². The molecule has 0 fully saturated rings. The van der Waals surface area contributed by atoms with Gasteiger partial charge in [0.05, 0.1) is 0 Å². The molecule has 1 aromatic carbocycles. The molecule has 0 heterocycles. The molecule has 0 unspecified atom stereocenters. The lowest BCUT2D eigenvalue weighted by Gasteiger charge is -2.16. The number of rotatable bonds is 3. The molecule has 1 N–H and O–H groups in total. The third kappa shape index (κ3) is 2.72. The van der Waals surface area contributed by atoms with Crippen molar-refractivity contribution in [2.24, 2.45) is 0 Å². The van der Waals surface area contributed by atoms with Gasteiger partial charge in [0.2, 0.25) is 5.91 Å². The topological polar surface area (TPSA) is 40.5 Å². The summed E-state index contributed by atoms with van der Waals surface area (Å²) in [5, 5.41) is 9.26. The van der Waals surface area contributed by atoms with E-state index in [0.29, 0.717) is 11.6 Å². The number of carbonyl (C=O) groups is 1.